The molecule has 7 heteroatoms. The Kier molecular flexibility index (Phi) is 4.82. The van der Waals surface area contributed by atoms with Crippen LogP contribution in [0.3, 0.4) is 0 Å². The maximum Gasteiger partial charge on any atom is 0.243 e. The van der Waals surface area contributed by atoms with Crippen LogP contribution in [0, 0.1) is 5.82 Å². The van der Waals surface area contributed by atoms with Gasteiger partial charge in [0.25, 0.3) is 0 Å². The van der Waals surface area contributed by atoms with E-state index in [1.165, 1.54) is 22.5 Å². The molecule has 0 radical (unpaired) electrons. The topological polar surface area (TPSA) is 53.5 Å². The first kappa shape index (κ1) is 16.9. The van der Waals surface area contributed by atoms with E-state index in [0.29, 0.717) is 12.8 Å². The highest BCUT2D eigenvalue weighted by Gasteiger charge is 2.31. The minimum Gasteiger partial charge on any atom is -0.357 e. The van der Waals surface area contributed by atoms with Crippen LogP contribution >= 0.6 is 0 Å². The summed E-state index contributed by atoms with van der Waals surface area (Å²) in [4.78, 5) is 6.48. The minimum absolute atomic E-state index is 0.00263. The highest BCUT2D eigenvalue weighted by atomic mass is 32.2. The molecule has 0 atom stereocenters. The molecule has 0 aliphatic carbocycles. The number of halogens is 1. The highest BCUT2D eigenvalue weighted by Crippen LogP contribution is 2.25. The predicted molar refractivity (Wildman–Crippen MR) is 90.8 cm³/mol. The monoisotopic (exact) mass is 349 g/mol. The van der Waals surface area contributed by atoms with E-state index >= 15 is 0 Å². The number of piperidine rings is 1. The van der Waals surface area contributed by atoms with Crippen molar-refractivity contribution in [2.45, 2.75) is 23.8 Å². The number of sulfonamides is 1. The van der Waals surface area contributed by atoms with Crippen LogP contribution in [0.15, 0.2) is 53.6 Å². The van der Waals surface area contributed by atoms with Gasteiger partial charge in [-0.3, -0.25) is 0 Å². The zero-order valence-electron chi connectivity index (χ0n) is 13.5. The molecule has 0 N–H and O–H groups in total. The summed E-state index contributed by atoms with van der Waals surface area (Å²) in [6, 6.07) is 10.8. The number of benzene rings is 1. The summed E-state index contributed by atoms with van der Waals surface area (Å²) in [7, 11) is -2.11. The van der Waals surface area contributed by atoms with E-state index in [2.05, 4.69) is 9.88 Å². The Balaban J connectivity index is 1.70. The summed E-state index contributed by atoms with van der Waals surface area (Å²) < 4.78 is 40.1. The lowest BCUT2D eigenvalue weighted by Crippen LogP contribution is -2.45. The third kappa shape index (κ3) is 3.42. The van der Waals surface area contributed by atoms with Crippen molar-refractivity contribution in [3.8, 4) is 0 Å². The zero-order valence-corrected chi connectivity index (χ0v) is 14.3. The maximum atomic E-state index is 13.3. The van der Waals surface area contributed by atoms with Crippen molar-refractivity contribution in [2.75, 3.05) is 25.0 Å². The highest BCUT2D eigenvalue weighted by molar-refractivity contribution is 7.89. The van der Waals surface area contributed by atoms with Gasteiger partial charge >= 0.3 is 0 Å². The van der Waals surface area contributed by atoms with Crippen molar-refractivity contribution in [2.24, 2.45) is 0 Å². The van der Waals surface area contributed by atoms with Gasteiger partial charge in [-0.15, -0.1) is 0 Å². The quantitative estimate of drug-likeness (QED) is 0.851. The second-order valence-corrected chi connectivity index (χ2v) is 7.88. The van der Waals surface area contributed by atoms with Crippen LogP contribution in [0.1, 0.15) is 12.8 Å². The van der Waals surface area contributed by atoms with Gasteiger partial charge in [-0.25, -0.2) is 17.8 Å². The van der Waals surface area contributed by atoms with Gasteiger partial charge in [0.1, 0.15) is 11.6 Å². The lowest BCUT2D eigenvalue weighted by atomic mass is 10.1. The van der Waals surface area contributed by atoms with Crippen LogP contribution < -0.4 is 4.90 Å². The van der Waals surface area contributed by atoms with Gasteiger partial charge in [0.05, 0.1) is 4.90 Å². The fourth-order valence-corrected chi connectivity index (χ4v) is 4.44. The summed E-state index contributed by atoms with van der Waals surface area (Å²) in [6.45, 7) is 1.48. The molecule has 1 saturated heterocycles. The van der Waals surface area contributed by atoms with E-state index in [-0.39, 0.29) is 10.9 Å². The van der Waals surface area contributed by atoms with E-state index < -0.39 is 15.8 Å². The minimum atomic E-state index is -3.68. The number of hydrogen-bond donors (Lipinski definition) is 0. The van der Waals surface area contributed by atoms with Gasteiger partial charge < -0.3 is 4.90 Å². The average molecular weight is 349 g/mol. The van der Waals surface area contributed by atoms with E-state index in [9.17, 15) is 12.8 Å². The number of aromatic nitrogens is 1. The van der Waals surface area contributed by atoms with Gasteiger partial charge in [0.2, 0.25) is 10.0 Å². The molecular weight excluding hydrogens is 329 g/mol. The molecule has 0 unspecified atom stereocenters. The van der Waals surface area contributed by atoms with Crippen LogP contribution in [0.2, 0.25) is 0 Å². The first-order chi connectivity index (χ1) is 11.5. The predicted octanol–water partition coefficient (Wildman–Crippen LogP) is 2.51. The molecule has 3 rings (SSSR count). The molecule has 2 heterocycles. The van der Waals surface area contributed by atoms with Gasteiger partial charge in [0.15, 0.2) is 0 Å². The number of rotatable bonds is 4. The van der Waals surface area contributed by atoms with Gasteiger partial charge in [0, 0.05) is 32.4 Å². The van der Waals surface area contributed by atoms with Gasteiger partial charge in [-0.1, -0.05) is 12.1 Å². The van der Waals surface area contributed by atoms with E-state index in [1.807, 2.05) is 18.2 Å². The van der Waals surface area contributed by atoms with Crippen molar-refractivity contribution in [1.29, 1.82) is 0 Å². The van der Waals surface area contributed by atoms with Gasteiger partial charge in [-0.05, 0) is 43.2 Å². The summed E-state index contributed by atoms with van der Waals surface area (Å²) in [5.74, 6) is 0.362. The van der Waals surface area contributed by atoms with Crippen LogP contribution in [-0.4, -0.2) is 43.9 Å². The Hall–Kier alpha value is -1.99. The Morgan fingerprint density at radius 2 is 1.92 bits per heavy atom. The van der Waals surface area contributed by atoms with Crippen LogP contribution in [0.25, 0.3) is 0 Å². The molecule has 0 spiro atoms. The van der Waals surface area contributed by atoms with Crippen molar-refractivity contribution in [3.05, 3.63) is 54.5 Å². The van der Waals surface area contributed by atoms with E-state index in [4.69, 9.17) is 0 Å². The average Bonchev–Trinajstić information content (AvgIpc) is 2.62. The van der Waals surface area contributed by atoms with Crippen molar-refractivity contribution in [1.82, 2.24) is 9.29 Å². The first-order valence-electron chi connectivity index (χ1n) is 7.88. The van der Waals surface area contributed by atoms with Crippen LogP contribution in [0.5, 0.6) is 0 Å². The maximum absolute atomic E-state index is 13.3. The normalized spacial score (nSPS) is 16.5. The third-order valence-electron chi connectivity index (χ3n) is 4.43. The van der Waals surface area contributed by atoms with Crippen LogP contribution in [-0.2, 0) is 10.0 Å². The summed E-state index contributed by atoms with van der Waals surface area (Å²) in [5, 5.41) is 0. The first-order valence-corrected chi connectivity index (χ1v) is 9.32. The number of anilines is 1. The molecule has 128 valence electrons. The Labute approximate surface area is 141 Å². The molecular formula is C17H20FN3O2S. The number of hydrogen-bond acceptors (Lipinski definition) is 4. The molecule has 1 aliphatic rings. The van der Waals surface area contributed by atoms with Gasteiger partial charge in [-0.2, -0.15) is 4.31 Å². The molecule has 1 aromatic carbocycles. The Bertz CT molecular complexity index is 790. The molecule has 1 aliphatic heterocycles. The molecule has 24 heavy (non-hydrogen) atoms. The largest absolute Gasteiger partial charge is 0.357 e. The molecule has 0 bridgehead atoms. The Morgan fingerprint density at radius 1 is 1.17 bits per heavy atom. The summed E-state index contributed by atoms with van der Waals surface area (Å²) in [5.41, 5.74) is 0. The molecule has 1 fully saturated rings. The zero-order chi connectivity index (χ0) is 17.2. The second-order valence-electron chi connectivity index (χ2n) is 5.88. The molecule has 0 saturated carbocycles. The standard InChI is InChI=1S/C17H20FN3O2S/c1-20(24(22,23)16-6-4-5-14(18)13-16)15-8-11-21(12-9-15)17-7-2-3-10-19-17/h2-7,10,13,15H,8-9,11-12H2,1H3. The van der Waals surface area contributed by atoms with E-state index in [1.54, 1.807) is 13.2 Å². The fourth-order valence-electron chi connectivity index (χ4n) is 2.99. The Morgan fingerprint density at radius 3 is 2.54 bits per heavy atom. The summed E-state index contributed by atoms with van der Waals surface area (Å²) in [6.07, 6.45) is 3.17. The second kappa shape index (κ2) is 6.86. The SMILES string of the molecule is CN(C1CCN(c2ccccn2)CC1)S(=O)(=O)c1cccc(F)c1. The molecule has 1 aromatic heterocycles. The third-order valence-corrected chi connectivity index (χ3v) is 6.33. The smallest absolute Gasteiger partial charge is 0.243 e. The molecule has 2 aromatic rings. The lowest BCUT2D eigenvalue weighted by Gasteiger charge is -2.36. The van der Waals surface area contributed by atoms with Crippen molar-refractivity contribution in [3.63, 3.8) is 0 Å². The fraction of sp³-hybridized carbons (Fsp3) is 0.353. The number of nitrogens with zero attached hydrogens (tertiary/aromatic N) is 3. The number of pyridine rings is 1. The summed E-state index contributed by atoms with van der Waals surface area (Å²) >= 11 is 0. The lowest BCUT2D eigenvalue weighted by molar-refractivity contribution is 0.311. The van der Waals surface area contributed by atoms with E-state index in [0.717, 1.165) is 25.0 Å². The molecule has 5 nitrogen and oxygen atoms in total. The molecule has 0 amide bonds. The van der Waals surface area contributed by atoms with Crippen molar-refractivity contribution >= 4 is 15.8 Å². The van der Waals surface area contributed by atoms with Crippen molar-refractivity contribution < 1.29 is 12.8 Å². The van der Waals surface area contributed by atoms with Crippen LogP contribution in [0.4, 0.5) is 10.2 Å².